The van der Waals surface area contributed by atoms with Gasteiger partial charge in [0.05, 0.1) is 0 Å². The summed E-state index contributed by atoms with van der Waals surface area (Å²) in [6.45, 7) is 7.40. The number of aryl methyl sites for hydroxylation is 2. The van der Waals surface area contributed by atoms with Gasteiger partial charge in [-0.3, -0.25) is 0 Å². The summed E-state index contributed by atoms with van der Waals surface area (Å²) in [5.74, 6) is 0.931. The van der Waals surface area contributed by atoms with Crippen LogP contribution in [0.1, 0.15) is 29.7 Å². The van der Waals surface area contributed by atoms with Gasteiger partial charge in [-0.2, -0.15) is 0 Å². The molecule has 2 aromatic rings. The Kier molecular flexibility index (Phi) is 5.56. The smallest absolute Gasteiger partial charge is 0.187 e. The molecule has 0 spiro atoms. The molecule has 1 atom stereocenters. The fraction of sp³-hybridized carbons (Fsp3) is 0.375. The van der Waals surface area contributed by atoms with Gasteiger partial charge in [-0.1, -0.05) is 36.9 Å². The Labute approximate surface area is 125 Å². The van der Waals surface area contributed by atoms with Crippen LogP contribution in [0.2, 0.25) is 0 Å². The van der Waals surface area contributed by atoms with Crippen molar-refractivity contribution in [3.63, 3.8) is 0 Å². The molecule has 0 radical (unpaired) electrons. The zero-order valence-electron chi connectivity index (χ0n) is 12.3. The minimum absolute atomic E-state index is 0.327. The maximum atomic E-state index is 4.26. The van der Waals surface area contributed by atoms with E-state index in [1.807, 2.05) is 6.07 Å². The lowest BCUT2D eigenvalue weighted by molar-refractivity contribution is 0.605. The zero-order valence-corrected chi connectivity index (χ0v) is 13.1. The van der Waals surface area contributed by atoms with Crippen LogP contribution in [0.5, 0.6) is 0 Å². The normalized spacial score (nSPS) is 12.3. The van der Waals surface area contributed by atoms with Gasteiger partial charge in [0, 0.05) is 24.2 Å². The molecule has 20 heavy (non-hydrogen) atoms. The molecule has 0 aliphatic carbocycles. The lowest BCUT2D eigenvalue weighted by Crippen LogP contribution is -2.23. The van der Waals surface area contributed by atoms with Crippen LogP contribution in [0.15, 0.2) is 41.8 Å². The minimum Gasteiger partial charge on any atom is -0.309 e. The van der Waals surface area contributed by atoms with Gasteiger partial charge in [0.2, 0.25) is 0 Å². The molecule has 0 saturated carbocycles. The summed E-state index contributed by atoms with van der Waals surface area (Å²) in [6, 6.07) is 8.85. The zero-order chi connectivity index (χ0) is 14.4. The van der Waals surface area contributed by atoms with Gasteiger partial charge in [0.25, 0.3) is 0 Å². The highest BCUT2D eigenvalue weighted by Crippen LogP contribution is 2.23. The van der Waals surface area contributed by atoms with Gasteiger partial charge in [-0.15, -0.1) is 0 Å². The first kappa shape index (κ1) is 15.0. The van der Waals surface area contributed by atoms with E-state index in [-0.39, 0.29) is 0 Å². The van der Waals surface area contributed by atoms with E-state index in [9.17, 15) is 0 Å². The third-order valence-corrected chi connectivity index (χ3v) is 4.27. The third kappa shape index (κ3) is 4.05. The van der Waals surface area contributed by atoms with Crippen LogP contribution >= 0.6 is 11.8 Å². The number of thioether (sulfide) groups is 1. The Hall–Kier alpha value is -1.39. The summed E-state index contributed by atoms with van der Waals surface area (Å²) in [4.78, 5) is 8.52. The topological polar surface area (TPSA) is 37.8 Å². The number of rotatable bonds is 6. The van der Waals surface area contributed by atoms with Crippen molar-refractivity contribution >= 4 is 11.8 Å². The molecule has 106 valence electrons. The molecule has 3 nitrogen and oxygen atoms in total. The van der Waals surface area contributed by atoms with Gasteiger partial charge in [0.15, 0.2) is 5.16 Å². The predicted molar refractivity (Wildman–Crippen MR) is 85.1 cm³/mol. The van der Waals surface area contributed by atoms with Crippen molar-refractivity contribution in [2.24, 2.45) is 0 Å². The van der Waals surface area contributed by atoms with Gasteiger partial charge in [-0.25, -0.2) is 9.97 Å². The average Bonchev–Trinajstić information content (AvgIpc) is 2.47. The maximum Gasteiger partial charge on any atom is 0.187 e. The second kappa shape index (κ2) is 7.41. The molecule has 0 saturated heterocycles. The van der Waals surface area contributed by atoms with Crippen LogP contribution in [-0.4, -0.2) is 22.3 Å². The van der Waals surface area contributed by atoms with Crippen molar-refractivity contribution in [1.29, 1.82) is 0 Å². The maximum absolute atomic E-state index is 4.26. The van der Waals surface area contributed by atoms with Crippen molar-refractivity contribution in [2.75, 3.05) is 12.3 Å². The van der Waals surface area contributed by atoms with Crippen molar-refractivity contribution in [1.82, 2.24) is 15.3 Å². The number of hydrogen-bond acceptors (Lipinski definition) is 4. The number of benzene rings is 1. The number of nitrogens with one attached hydrogen (secondary N) is 1. The highest BCUT2D eigenvalue weighted by Gasteiger charge is 2.12. The molecular formula is C16H21N3S. The Bertz CT molecular complexity index is 543. The summed E-state index contributed by atoms with van der Waals surface area (Å²) in [6.07, 6.45) is 3.57. The standard InChI is InChI=1S/C16H21N3S/c1-4-17-15(11-20-16-18-8-5-9-19-16)14-7-6-12(2)13(3)10-14/h5-10,15,17H,4,11H2,1-3H3. The van der Waals surface area contributed by atoms with Crippen molar-refractivity contribution in [2.45, 2.75) is 32.0 Å². The second-order valence-corrected chi connectivity index (χ2v) is 5.78. The second-order valence-electron chi connectivity index (χ2n) is 4.80. The Morgan fingerprint density at radius 3 is 2.55 bits per heavy atom. The first-order chi connectivity index (χ1) is 9.70. The van der Waals surface area contributed by atoms with Crippen LogP contribution in [0.4, 0.5) is 0 Å². The summed E-state index contributed by atoms with van der Waals surface area (Å²) < 4.78 is 0. The largest absolute Gasteiger partial charge is 0.309 e. The lowest BCUT2D eigenvalue weighted by atomic mass is 10.0. The van der Waals surface area contributed by atoms with Crippen LogP contribution in [0, 0.1) is 13.8 Å². The van der Waals surface area contributed by atoms with Crippen LogP contribution < -0.4 is 5.32 Å². The van der Waals surface area contributed by atoms with Crippen molar-refractivity contribution in [3.05, 3.63) is 53.3 Å². The quantitative estimate of drug-likeness (QED) is 0.651. The van der Waals surface area contributed by atoms with E-state index in [0.717, 1.165) is 17.5 Å². The highest BCUT2D eigenvalue weighted by molar-refractivity contribution is 7.99. The third-order valence-electron chi connectivity index (χ3n) is 3.31. The van der Waals surface area contributed by atoms with Crippen molar-refractivity contribution < 1.29 is 0 Å². The minimum atomic E-state index is 0.327. The molecule has 0 fully saturated rings. The van der Waals surface area contributed by atoms with Gasteiger partial charge < -0.3 is 5.32 Å². The summed E-state index contributed by atoms with van der Waals surface area (Å²) >= 11 is 1.69. The number of aromatic nitrogens is 2. The fourth-order valence-electron chi connectivity index (χ4n) is 2.02. The summed E-state index contributed by atoms with van der Waals surface area (Å²) in [5, 5.41) is 4.37. The molecule has 1 unspecified atom stereocenters. The van der Waals surface area contributed by atoms with Crippen LogP contribution in [-0.2, 0) is 0 Å². The monoisotopic (exact) mass is 287 g/mol. The number of nitrogens with zero attached hydrogens (tertiary/aromatic N) is 2. The summed E-state index contributed by atoms with van der Waals surface area (Å²) in [7, 11) is 0. The molecule has 1 aromatic heterocycles. The molecule has 0 aliphatic heterocycles. The predicted octanol–water partition coefficient (Wildman–Crippen LogP) is 3.54. The molecule has 0 bridgehead atoms. The van der Waals surface area contributed by atoms with Gasteiger partial charge >= 0.3 is 0 Å². The molecule has 0 aliphatic rings. The molecule has 1 N–H and O–H groups in total. The Morgan fingerprint density at radius 2 is 1.90 bits per heavy atom. The van der Waals surface area contributed by atoms with Gasteiger partial charge in [-0.05, 0) is 43.1 Å². The first-order valence-corrected chi connectivity index (χ1v) is 7.89. The fourth-order valence-corrected chi connectivity index (χ4v) is 2.92. The molecule has 4 heteroatoms. The first-order valence-electron chi connectivity index (χ1n) is 6.91. The van der Waals surface area contributed by atoms with Crippen LogP contribution in [0.25, 0.3) is 0 Å². The SMILES string of the molecule is CCNC(CSc1ncccn1)c1ccc(C)c(C)c1. The summed E-state index contributed by atoms with van der Waals surface area (Å²) in [5.41, 5.74) is 4.01. The van der Waals surface area contributed by atoms with Gasteiger partial charge in [0.1, 0.15) is 0 Å². The van der Waals surface area contributed by atoms with E-state index in [0.29, 0.717) is 6.04 Å². The molecular weight excluding hydrogens is 266 g/mol. The molecule has 1 heterocycles. The number of hydrogen-bond donors (Lipinski definition) is 1. The molecule has 1 aromatic carbocycles. The van der Waals surface area contributed by atoms with E-state index in [1.165, 1.54) is 16.7 Å². The average molecular weight is 287 g/mol. The van der Waals surface area contributed by atoms with E-state index < -0.39 is 0 Å². The molecule has 2 rings (SSSR count). The Balaban J connectivity index is 2.08. The van der Waals surface area contributed by atoms with Crippen LogP contribution in [0.3, 0.4) is 0 Å². The molecule has 0 amide bonds. The van der Waals surface area contributed by atoms with Crippen molar-refractivity contribution in [3.8, 4) is 0 Å². The van der Waals surface area contributed by atoms with E-state index >= 15 is 0 Å². The van der Waals surface area contributed by atoms with E-state index in [1.54, 1.807) is 24.2 Å². The Morgan fingerprint density at radius 1 is 1.15 bits per heavy atom. The van der Waals surface area contributed by atoms with E-state index in [2.05, 4.69) is 54.3 Å². The highest BCUT2D eigenvalue weighted by atomic mass is 32.2. The van der Waals surface area contributed by atoms with E-state index in [4.69, 9.17) is 0 Å². The lowest BCUT2D eigenvalue weighted by Gasteiger charge is -2.18.